The van der Waals surface area contributed by atoms with Gasteiger partial charge in [-0.15, -0.1) is 0 Å². The predicted octanol–water partition coefficient (Wildman–Crippen LogP) is 4.10. The summed E-state index contributed by atoms with van der Waals surface area (Å²) in [5.41, 5.74) is 2.72. The molecule has 2 aromatic rings. The first-order valence-electron chi connectivity index (χ1n) is 6.80. The molecule has 0 saturated heterocycles. The molecule has 3 heteroatoms. The molecule has 98 valence electrons. The Labute approximate surface area is 112 Å². The Kier molecular flexibility index (Phi) is 3.45. The molecule has 0 amide bonds. The standard InChI is InChI=1S/C16H17FN2/c17-15-10-5-11-16(19-15)18-14-9-4-2-7-12-6-1-3-8-13(12)14/h1,3,5-6,8,10-11,14H,2,4,7,9H2,(H,18,19). The maximum absolute atomic E-state index is 13.1. The third kappa shape index (κ3) is 2.75. The summed E-state index contributed by atoms with van der Waals surface area (Å²) < 4.78 is 13.1. The van der Waals surface area contributed by atoms with Gasteiger partial charge >= 0.3 is 0 Å². The molecule has 0 saturated carbocycles. The summed E-state index contributed by atoms with van der Waals surface area (Å²) in [6, 6.07) is 13.6. The van der Waals surface area contributed by atoms with E-state index in [9.17, 15) is 4.39 Å². The van der Waals surface area contributed by atoms with Crippen molar-refractivity contribution in [3.8, 4) is 0 Å². The van der Waals surface area contributed by atoms with Crippen LogP contribution in [-0.4, -0.2) is 4.98 Å². The third-order valence-electron chi connectivity index (χ3n) is 3.66. The number of aromatic nitrogens is 1. The minimum absolute atomic E-state index is 0.230. The highest BCUT2D eigenvalue weighted by Gasteiger charge is 2.18. The summed E-state index contributed by atoms with van der Waals surface area (Å²) in [6.45, 7) is 0. The second-order valence-electron chi connectivity index (χ2n) is 4.99. The zero-order valence-electron chi connectivity index (χ0n) is 10.8. The van der Waals surface area contributed by atoms with Gasteiger partial charge in [-0.3, -0.25) is 0 Å². The normalized spacial score (nSPS) is 18.5. The molecule has 1 atom stereocenters. The zero-order chi connectivity index (χ0) is 13.1. The number of halogens is 1. The van der Waals surface area contributed by atoms with Crippen LogP contribution in [0.3, 0.4) is 0 Å². The Morgan fingerprint density at radius 2 is 1.95 bits per heavy atom. The van der Waals surface area contributed by atoms with Gasteiger partial charge in [0.15, 0.2) is 0 Å². The van der Waals surface area contributed by atoms with Gasteiger partial charge in [-0.05, 0) is 42.5 Å². The van der Waals surface area contributed by atoms with E-state index in [0.29, 0.717) is 5.82 Å². The average molecular weight is 256 g/mol. The molecule has 1 aliphatic carbocycles. The van der Waals surface area contributed by atoms with Gasteiger partial charge in [-0.2, -0.15) is 4.39 Å². The van der Waals surface area contributed by atoms with E-state index < -0.39 is 5.95 Å². The minimum atomic E-state index is -0.438. The van der Waals surface area contributed by atoms with Gasteiger partial charge in [-0.25, -0.2) is 4.98 Å². The number of hydrogen-bond acceptors (Lipinski definition) is 2. The molecule has 1 aromatic heterocycles. The lowest BCUT2D eigenvalue weighted by atomic mass is 9.99. The Hall–Kier alpha value is -1.90. The van der Waals surface area contributed by atoms with Gasteiger partial charge in [0.1, 0.15) is 5.82 Å². The van der Waals surface area contributed by atoms with E-state index in [1.54, 1.807) is 6.07 Å². The highest BCUT2D eigenvalue weighted by Crippen LogP contribution is 2.30. The number of nitrogens with one attached hydrogen (secondary N) is 1. The molecule has 1 aromatic carbocycles. The van der Waals surface area contributed by atoms with Crippen LogP contribution in [0.2, 0.25) is 0 Å². The topological polar surface area (TPSA) is 24.9 Å². The summed E-state index contributed by atoms with van der Waals surface area (Å²) in [5, 5.41) is 3.37. The second-order valence-corrected chi connectivity index (χ2v) is 4.99. The lowest BCUT2D eigenvalue weighted by Crippen LogP contribution is -2.12. The first kappa shape index (κ1) is 12.2. The van der Waals surface area contributed by atoms with E-state index in [4.69, 9.17) is 0 Å². The molecule has 0 aliphatic heterocycles. The minimum Gasteiger partial charge on any atom is -0.363 e. The smallest absolute Gasteiger partial charge is 0.214 e. The van der Waals surface area contributed by atoms with Gasteiger partial charge < -0.3 is 5.32 Å². The van der Waals surface area contributed by atoms with Crippen molar-refractivity contribution in [3.05, 3.63) is 59.5 Å². The number of hydrogen-bond donors (Lipinski definition) is 1. The second kappa shape index (κ2) is 5.39. The average Bonchev–Trinajstić information content (AvgIpc) is 2.62. The number of fused-ring (bicyclic) bond motifs is 1. The number of pyridine rings is 1. The summed E-state index contributed by atoms with van der Waals surface area (Å²) in [4.78, 5) is 3.89. The maximum atomic E-state index is 13.1. The number of rotatable bonds is 2. The molecule has 19 heavy (non-hydrogen) atoms. The molecule has 1 N–H and O–H groups in total. The first-order chi connectivity index (χ1) is 9.33. The summed E-state index contributed by atoms with van der Waals surface area (Å²) in [6.07, 6.45) is 4.59. The number of nitrogens with zero attached hydrogens (tertiary/aromatic N) is 1. The SMILES string of the molecule is Fc1cccc(NC2CCCCc3ccccc32)n1. The Balaban J connectivity index is 1.88. The van der Waals surface area contributed by atoms with Crippen LogP contribution in [0.5, 0.6) is 0 Å². The van der Waals surface area contributed by atoms with Crippen LogP contribution in [0.15, 0.2) is 42.5 Å². The van der Waals surface area contributed by atoms with Crippen LogP contribution in [0, 0.1) is 5.95 Å². The van der Waals surface area contributed by atoms with Crippen LogP contribution >= 0.6 is 0 Å². The zero-order valence-corrected chi connectivity index (χ0v) is 10.8. The largest absolute Gasteiger partial charge is 0.363 e. The van der Waals surface area contributed by atoms with Gasteiger partial charge in [0.05, 0.1) is 6.04 Å². The van der Waals surface area contributed by atoms with Crippen molar-refractivity contribution in [1.82, 2.24) is 4.98 Å². The molecule has 0 fully saturated rings. The molecule has 1 unspecified atom stereocenters. The molecular formula is C16H17FN2. The van der Waals surface area contributed by atoms with Crippen molar-refractivity contribution in [2.45, 2.75) is 31.7 Å². The van der Waals surface area contributed by atoms with Crippen molar-refractivity contribution in [3.63, 3.8) is 0 Å². The van der Waals surface area contributed by atoms with E-state index in [1.165, 1.54) is 30.0 Å². The van der Waals surface area contributed by atoms with E-state index in [1.807, 2.05) is 6.07 Å². The number of benzene rings is 1. The fourth-order valence-corrected chi connectivity index (χ4v) is 2.74. The quantitative estimate of drug-likeness (QED) is 0.646. The van der Waals surface area contributed by atoms with Crippen molar-refractivity contribution >= 4 is 5.82 Å². The summed E-state index contributed by atoms with van der Waals surface area (Å²) in [5.74, 6) is 0.175. The van der Waals surface area contributed by atoms with Gasteiger partial charge in [0.2, 0.25) is 5.95 Å². The molecule has 0 spiro atoms. The molecule has 0 bridgehead atoms. The number of aryl methyl sites for hydroxylation is 1. The molecule has 1 aliphatic rings. The fraction of sp³-hybridized carbons (Fsp3) is 0.312. The number of anilines is 1. The Morgan fingerprint density at radius 3 is 2.84 bits per heavy atom. The molecule has 0 radical (unpaired) electrons. The molecular weight excluding hydrogens is 239 g/mol. The van der Waals surface area contributed by atoms with Crippen molar-refractivity contribution in [2.75, 3.05) is 5.32 Å². The van der Waals surface area contributed by atoms with Gasteiger partial charge in [-0.1, -0.05) is 36.8 Å². The van der Waals surface area contributed by atoms with E-state index in [-0.39, 0.29) is 6.04 Å². The fourth-order valence-electron chi connectivity index (χ4n) is 2.74. The summed E-state index contributed by atoms with van der Waals surface area (Å²) >= 11 is 0. The highest BCUT2D eigenvalue weighted by molar-refractivity contribution is 5.41. The van der Waals surface area contributed by atoms with Crippen LogP contribution in [-0.2, 0) is 6.42 Å². The van der Waals surface area contributed by atoms with Crippen LogP contribution in [0.4, 0.5) is 10.2 Å². The predicted molar refractivity (Wildman–Crippen MR) is 74.6 cm³/mol. The molecule has 1 heterocycles. The van der Waals surface area contributed by atoms with Crippen LogP contribution in [0.25, 0.3) is 0 Å². The Bertz CT molecular complexity index is 568. The molecule has 2 nitrogen and oxygen atoms in total. The molecule has 3 rings (SSSR count). The third-order valence-corrected chi connectivity index (χ3v) is 3.66. The van der Waals surface area contributed by atoms with Gasteiger partial charge in [0.25, 0.3) is 0 Å². The van der Waals surface area contributed by atoms with Crippen molar-refractivity contribution in [2.24, 2.45) is 0 Å². The first-order valence-corrected chi connectivity index (χ1v) is 6.80. The van der Waals surface area contributed by atoms with Crippen molar-refractivity contribution in [1.29, 1.82) is 0 Å². The monoisotopic (exact) mass is 256 g/mol. The lowest BCUT2D eigenvalue weighted by molar-refractivity contribution is 0.581. The summed E-state index contributed by atoms with van der Waals surface area (Å²) in [7, 11) is 0. The highest BCUT2D eigenvalue weighted by atomic mass is 19.1. The van der Waals surface area contributed by atoms with Gasteiger partial charge in [0, 0.05) is 0 Å². The maximum Gasteiger partial charge on any atom is 0.214 e. The van der Waals surface area contributed by atoms with Crippen LogP contribution in [0.1, 0.15) is 36.4 Å². The lowest BCUT2D eigenvalue weighted by Gasteiger charge is -2.19. The van der Waals surface area contributed by atoms with Crippen molar-refractivity contribution < 1.29 is 4.39 Å². The Morgan fingerprint density at radius 1 is 1.05 bits per heavy atom. The van der Waals surface area contributed by atoms with Crippen LogP contribution < -0.4 is 5.32 Å². The van der Waals surface area contributed by atoms with E-state index in [0.717, 1.165) is 12.8 Å². The van der Waals surface area contributed by atoms with E-state index in [2.05, 4.69) is 34.6 Å². The van der Waals surface area contributed by atoms with E-state index >= 15 is 0 Å².